The van der Waals surface area contributed by atoms with Crippen molar-refractivity contribution in [2.75, 3.05) is 18.4 Å². The molecule has 2 aromatic carbocycles. The average Bonchev–Trinajstić information content (AvgIpc) is 2.75. The van der Waals surface area contributed by atoms with Crippen LogP contribution in [0.2, 0.25) is 0 Å². The minimum absolute atomic E-state index is 0.0129. The van der Waals surface area contributed by atoms with E-state index in [-0.39, 0.29) is 11.9 Å². The normalized spacial score (nSPS) is 14.7. The lowest BCUT2D eigenvalue weighted by Gasteiger charge is -2.23. The molecule has 1 aliphatic heterocycles. The molecule has 0 bridgehead atoms. The summed E-state index contributed by atoms with van der Waals surface area (Å²) >= 11 is 0. The van der Waals surface area contributed by atoms with E-state index >= 15 is 0 Å². The molecule has 2 heterocycles. The molecule has 0 aliphatic carbocycles. The van der Waals surface area contributed by atoms with Crippen molar-refractivity contribution in [3.8, 4) is 0 Å². The van der Waals surface area contributed by atoms with Gasteiger partial charge in [0.05, 0.1) is 5.52 Å². The first-order valence-corrected chi connectivity index (χ1v) is 10.3. The van der Waals surface area contributed by atoms with Gasteiger partial charge in [-0.2, -0.15) is 0 Å². The summed E-state index contributed by atoms with van der Waals surface area (Å²) in [6, 6.07) is 12.1. The summed E-state index contributed by atoms with van der Waals surface area (Å²) in [6.07, 6.45) is 4.72. The second-order valence-corrected chi connectivity index (χ2v) is 7.55. The van der Waals surface area contributed by atoms with Crippen molar-refractivity contribution >= 4 is 28.4 Å². The molecule has 1 saturated heterocycles. The number of hydrogen-bond donors (Lipinski definition) is 3. The Kier molecular flexibility index (Phi) is 5.71. The van der Waals surface area contributed by atoms with Crippen LogP contribution in [0.3, 0.4) is 0 Å². The summed E-state index contributed by atoms with van der Waals surface area (Å²) in [5.41, 5.74) is 4.74. The van der Waals surface area contributed by atoms with Crippen LogP contribution in [-0.4, -0.2) is 35.0 Å². The molecule has 1 aliphatic rings. The molecule has 0 atom stereocenters. The van der Waals surface area contributed by atoms with Gasteiger partial charge < -0.3 is 16.0 Å². The molecule has 0 unspecified atom stereocenters. The molecule has 0 spiro atoms. The first-order chi connectivity index (χ1) is 14.1. The summed E-state index contributed by atoms with van der Waals surface area (Å²) in [7, 11) is 0. The summed E-state index contributed by atoms with van der Waals surface area (Å²) in [4.78, 5) is 21.7. The third kappa shape index (κ3) is 4.38. The van der Waals surface area contributed by atoms with Crippen molar-refractivity contribution in [2.24, 2.45) is 0 Å². The van der Waals surface area contributed by atoms with E-state index in [1.807, 2.05) is 43.5 Å². The second kappa shape index (κ2) is 8.57. The Morgan fingerprint density at radius 3 is 2.79 bits per heavy atom. The average molecular weight is 390 g/mol. The molecular formula is C23H27N5O. The number of aromatic nitrogens is 2. The Hall–Kier alpha value is -2.99. The van der Waals surface area contributed by atoms with Gasteiger partial charge in [0, 0.05) is 28.9 Å². The molecule has 6 nitrogen and oxygen atoms in total. The van der Waals surface area contributed by atoms with Crippen molar-refractivity contribution in [1.29, 1.82) is 0 Å². The van der Waals surface area contributed by atoms with Gasteiger partial charge in [-0.05, 0) is 68.6 Å². The van der Waals surface area contributed by atoms with E-state index in [1.54, 1.807) is 0 Å². The molecule has 1 fully saturated rings. The summed E-state index contributed by atoms with van der Waals surface area (Å²) < 4.78 is 0. The highest BCUT2D eigenvalue weighted by molar-refractivity contribution is 5.95. The lowest BCUT2D eigenvalue weighted by atomic mass is 10.0. The lowest BCUT2D eigenvalue weighted by molar-refractivity contribution is 0.0929. The van der Waals surface area contributed by atoms with Crippen LogP contribution < -0.4 is 16.0 Å². The molecular weight excluding hydrogens is 362 g/mol. The zero-order valence-electron chi connectivity index (χ0n) is 17.0. The van der Waals surface area contributed by atoms with Gasteiger partial charge in [0.1, 0.15) is 0 Å². The Morgan fingerprint density at radius 2 is 2.03 bits per heavy atom. The van der Waals surface area contributed by atoms with Crippen LogP contribution in [0, 0.1) is 6.92 Å². The molecule has 150 valence electrons. The third-order valence-electron chi connectivity index (χ3n) is 5.48. The van der Waals surface area contributed by atoms with Gasteiger partial charge in [-0.1, -0.05) is 25.1 Å². The van der Waals surface area contributed by atoms with Gasteiger partial charge in [-0.25, -0.2) is 9.97 Å². The molecule has 3 aromatic rings. The minimum Gasteiger partial charge on any atom is -0.349 e. The second-order valence-electron chi connectivity index (χ2n) is 7.55. The van der Waals surface area contributed by atoms with Crippen LogP contribution in [0.25, 0.3) is 10.9 Å². The number of fused-ring (bicyclic) bond motifs is 1. The molecule has 0 saturated carbocycles. The highest BCUT2D eigenvalue weighted by Gasteiger charge is 2.17. The predicted octanol–water partition coefficient (Wildman–Crippen LogP) is 3.73. The van der Waals surface area contributed by atoms with Gasteiger partial charge in [-0.3, -0.25) is 4.79 Å². The van der Waals surface area contributed by atoms with Crippen LogP contribution in [0.1, 0.15) is 41.3 Å². The monoisotopic (exact) mass is 389 g/mol. The fraction of sp³-hybridized carbons (Fsp3) is 0.348. The van der Waals surface area contributed by atoms with Gasteiger partial charge in [-0.15, -0.1) is 0 Å². The maximum atomic E-state index is 12.6. The third-order valence-corrected chi connectivity index (χ3v) is 5.48. The van der Waals surface area contributed by atoms with Gasteiger partial charge in [0.2, 0.25) is 5.95 Å². The number of aryl methyl sites for hydroxylation is 2. The smallest absolute Gasteiger partial charge is 0.251 e. The maximum Gasteiger partial charge on any atom is 0.251 e. The number of carbonyl (C=O) groups is 1. The molecule has 6 heteroatoms. The summed E-state index contributed by atoms with van der Waals surface area (Å²) in [5.74, 6) is 0.550. The van der Waals surface area contributed by atoms with Crippen LogP contribution in [0.5, 0.6) is 0 Å². The van der Waals surface area contributed by atoms with E-state index in [0.717, 1.165) is 54.5 Å². The number of anilines is 2. The molecule has 1 aromatic heterocycles. The summed E-state index contributed by atoms with van der Waals surface area (Å²) in [6.45, 7) is 6.03. The number of piperidine rings is 1. The number of amides is 1. The van der Waals surface area contributed by atoms with E-state index in [2.05, 4.69) is 33.9 Å². The number of carbonyl (C=O) groups excluding carboxylic acids is 1. The molecule has 1 amide bonds. The Labute approximate surface area is 171 Å². The highest BCUT2D eigenvalue weighted by atomic mass is 16.1. The maximum absolute atomic E-state index is 12.6. The van der Waals surface area contributed by atoms with E-state index in [4.69, 9.17) is 4.98 Å². The minimum atomic E-state index is -0.0129. The molecule has 0 radical (unpaired) electrons. The fourth-order valence-corrected chi connectivity index (χ4v) is 3.76. The van der Waals surface area contributed by atoms with Crippen LogP contribution in [-0.2, 0) is 6.42 Å². The van der Waals surface area contributed by atoms with Gasteiger partial charge >= 0.3 is 0 Å². The lowest BCUT2D eigenvalue weighted by Crippen LogP contribution is -2.42. The molecule has 4 rings (SSSR count). The zero-order valence-corrected chi connectivity index (χ0v) is 17.0. The van der Waals surface area contributed by atoms with Crippen LogP contribution in [0.4, 0.5) is 11.6 Å². The number of hydrogen-bond acceptors (Lipinski definition) is 5. The van der Waals surface area contributed by atoms with E-state index in [1.165, 1.54) is 5.56 Å². The van der Waals surface area contributed by atoms with Crippen molar-refractivity contribution < 1.29 is 4.79 Å². The first-order valence-electron chi connectivity index (χ1n) is 10.3. The number of benzene rings is 2. The first kappa shape index (κ1) is 19.3. The summed E-state index contributed by atoms with van der Waals surface area (Å²) in [5, 5.41) is 10.8. The van der Waals surface area contributed by atoms with Gasteiger partial charge in [0.25, 0.3) is 5.91 Å². The Morgan fingerprint density at radius 1 is 1.21 bits per heavy atom. The fourth-order valence-electron chi connectivity index (χ4n) is 3.76. The van der Waals surface area contributed by atoms with Crippen LogP contribution in [0.15, 0.2) is 42.6 Å². The van der Waals surface area contributed by atoms with Crippen molar-refractivity contribution in [1.82, 2.24) is 20.6 Å². The number of para-hydroxylation sites is 1. The van der Waals surface area contributed by atoms with Gasteiger partial charge in [0.15, 0.2) is 0 Å². The SMILES string of the molecule is CCc1cccc2cnc(Nc3ccc(C(=O)NC4CCNCC4)cc3C)nc12. The number of nitrogens with zero attached hydrogens (tertiary/aromatic N) is 2. The van der Waals surface area contributed by atoms with E-state index in [9.17, 15) is 4.79 Å². The Balaban J connectivity index is 1.51. The van der Waals surface area contributed by atoms with Crippen LogP contribution >= 0.6 is 0 Å². The van der Waals surface area contributed by atoms with Crippen molar-refractivity contribution in [2.45, 2.75) is 39.2 Å². The predicted molar refractivity (Wildman–Crippen MR) is 117 cm³/mol. The highest BCUT2D eigenvalue weighted by Crippen LogP contribution is 2.23. The van der Waals surface area contributed by atoms with Crippen molar-refractivity contribution in [3.63, 3.8) is 0 Å². The zero-order chi connectivity index (χ0) is 20.2. The number of nitrogens with one attached hydrogen (secondary N) is 3. The number of rotatable bonds is 5. The Bertz CT molecular complexity index is 1030. The standard InChI is InChI=1S/C23H27N5O/c1-3-16-5-4-6-18-14-25-23(28-21(16)18)27-20-8-7-17(13-15(20)2)22(29)26-19-9-11-24-12-10-19/h4-8,13-14,19,24H,3,9-12H2,1-2H3,(H,26,29)(H,25,27,28). The van der Waals surface area contributed by atoms with Crippen molar-refractivity contribution in [3.05, 3.63) is 59.3 Å². The van der Waals surface area contributed by atoms with E-state index < -0.39 is 0 Å². The van der Waals surface area contributed by atoms with E-state index in [0.29, 0.717) is 11.5 Å². The topological polar surface area (TPSA) is 78.9 Å². The molecule has 3 N–H and O–H groups in total. The molecule has 29 heavy (non-hydrogen) atoms. The quantitative estimate of drug-likeness (QED) is 0.620. The largest absolute Gasteiger partial charge is 0.349 e.